The molecule has 0 spiro atoms. The molecule has 0 bridgehead atoms. The monoisotopic (exact) mass is 365 g/mol. The van der Waals surface area contributed by atoms with Crippen molar-refractivity contribution in [1.82, 2.24) is 0 Å². The highest BCUT2D eigenvalue weighted by molar-refractivity contribution is 6.14. The first-order valence-electron chi connectivity index (χ1n) is 9.67. The van der Waals surface area contributed by atoms with Crippen molar-refractivity contribution in [3.05, 3.63) is 108 Å². The van der Waals surface area contributed by atoms with Crippen LogP contribution in [0.3, 0.4) is 0 Å². The van der Waals surface area contributed by atoms with Gasteiger partial charge in [-0.15, -0.1) is 0 Å². The molecule has 1 aliphatic rings. The van der Waals surface area contributed by atoms with Crippen molar-refractivity contribution in [2.24, 2.45) is 10.9 Å². The number of carbonyl (C=O) groups excluding carboxylic acids is 1. The predicted molar refractivity (Wildman–Crippen MR) is 116 cm³/mol. The Morgan fingerprint density at radius 3 is 2.04 bits per heavy atom. The Labute approximate surface area is 166 Å². The Morgan fingerprint density at radius 1 is 0.821 bits per heavy atom. The van der Waals surface area contributed by atoms with Crippen LogP contribution in [-0.4, -0.2) is 11.5 Å². The molecule has 0 fully saturated rings. The zero-order valence-electron chi connectivity index (χ0n) is 16.0. The van der Waals surface area contributed by atoms with E-state index in [9.17, 15) is 4.79 Å². The van der Waals surface area contributed by atoms with Crippen molar-refractivity contribution in [2.75, 3.05) is 0 Å². The van der Waals surface area contributed by atoms with E-state index in [-0.39, 0.29) is 17.6 Å². The van der Waals surface area contributed by atoms with Crippen molar-refractivity contribution in [1.29, 1.82) is 0 Å². The summed E-state index contributed by atoms with van der Waals surface area (Å²) in [6, 6.07) is 30.4. The van der Waals surface area contributed by atoms with Gasteiger partial charge in [0, 0.05) is 11.6 Å². The Balaban J connectivity index is 1.76. The Morgan fingerprint density at radius 2 is 1.39 bits per heavy atom. The van der Waals surface area contributed by atoms with Gasteiger partial charge in [0.25, 0.3) is 0 Å². The van der Waals surface area contributed by atoms with Gasteiger partial charge in [-0.3, -0.25) is 9.79 Å². The Bertz CT molecular complexity index is 1000. The van der Waals surface area contributed by atoms with Crippen LogP contribution in [-0.2, 0) is 4.79 Å². The maximum absolute atomic E-state index is 13.2. The van der Waals surface area contributed by atoms with E-state index in [2.05, 4.69) is 24.3 Å². The second-order valence-corrected chi connectivity index (χ2v) is 7.23. The van der Waals surface area contributed by atoms with Crippen molar-refractivity contribution >= 4 is 22.8 Å². The lowest BCUT2D eigenvalue weighted by atomic mass is 9.72. The lowest BCUT2D eigenvalue weighted by Gasteiger charge is -2.31. The van der Waals surface area contributed by atoms with E-state index in [1.165, 1.54) is 5.56 Å². The molecule has 0 aromatic heterocycles. The van der Waals surface area contributed by atoms with Crippen molar-refractivity contribution in [2.45, 2.75) is 19.3 Å². The molecule has 2 heteroatoms. The molecule has 2 atom stereocenters. The van der Waals surface area contributed by atoms with Crippen LogP contribution in [0.2, 0.25) is 0 Å². The van der Waals surface area contributed by atoms with Gasteiger partial charge in [0.05, 0.1) is 11.6 Å². The van der Waals surface area contributed by atoms with Crippen LogP contribution in [0.4, 0.5) is 5.69 Å². The van der Waals surface area contributed by atoms with Gasteiger partial charge in [0.15, 0.2) is 5.78 Å². The molecule has 28 heavy (non-hydrogen) atoms. The van der Waals surface area contributed by atoms with E-state index in [1.54, 1.807) is 0 Å². The van der Waals surface area contributed by atoms with Crippen LogP contribution in [0.5, 0.6) is 0 Å². The number of carbonyl (C=O) groups is 1. The highest BCUT2D eigenvalue weighted by atomic mass is 16.1. The first-order chi connectivity index (χ1) is 13.7. The van der Waals surface area contributed by atoms with Gasteiger partial charge in [-0.2, -0.15) is 0 Å². The summed E-state index contributed by atoms with van der Waals surface area (Å²) in [5.74, 6) is -0.0208. The second-order valence-electron chi connectivity index (χ2n) is 7.23. The average molecular weight is 365 g/mol. The zero-order chi connectivity index (χ0) is 19.3. The number of para-hydroxylation sites is 1. The molecular weight excluding hydrogens is 342 g/mol. The van der Waals surface area contributed by atoms with Crippen LogP contribution in [0, 0.1) is 5.92 Å². The molecule has 0 unspecified atom stereocenters. The van der Waals surface area contributed by atoms with Gasteiger partial charge in [-0.25, -0.2) is 0 Å². The number of ketones is 1. The lowest BCUT2D eigenvalue weighted by Crippen LogP contribution is -2.31. The summed E-state index contributed by atoms with van der Waals surface area (Å²) in [6.07, 6.45) is 2.65. The van der Waals surface area contributed by atoms with Crippen molar-refractivity contribution in [3.63, 3.8) is 0 Å². The molecule has 2 nitrogen and oxygen atoms in total. The first-order valence-corrected chi connectivity index (χ1v) is 9.67. The van der Waals surface area contributed by atoms with Gasteiger partial charge in [0.2, 0.25) is 0 Å². The summed E-state index contributed by atoms with van der Waals surface area (Å²) in [5, 5.41) is 0. The molecule has 138 valence electrons. The van der Waals surface area contributed by atoms with Gasteiger partial charge in [0.1, 0.15) is 0 Å². The SMILES string of the molecule is CC(=Nc1ccccc1)[C@H]1C(=O)C=C(c2ccccc2)C[C@@H]1c1ccccc1. The number of benzene rings is 3. The molecule has 0 radical (unpaired) electrons. The summed E-state index contributed by atoms with van der Waals surface area (Å²) in [4.78, 5) is 18.0. The first kappa shape index (κ1) is 18.1. The van der Waals surface area contributed by atoms with Crippen molar-refractivity contribution in [3.8, 4) is 0 Å². The smallest absolute Gasteiger partial charge is 0.165 e. The molecule has 1 aliphatic carbocycles. The van der Waals surface area contributed by atoms with Gasteiger partial charge < -0.3 is 0 Å². The van der Waals surface area contributed by atoms with Crippen molar-refractivity contribution < 1.29 is 4.79 Å². The second kappa shape index (κ2) is 8.18. The minimum Gasteiger partial charge on any atom is -0.294 e. The highest BCUT2D eigenvalue weighted by Gasteiger charge is 2.35. The fourth-order valence-electron chi connectivity index (χ4n) is 4.01. The number of hydrogen-bond donors (Lipinski definition) is 0. The standard InChI is InChI=1S/C26H23NO/c1-19(27-23-15-9-4-10-16-23)26-24(21-13-7-3-8-14-21)17-22(18-25(26)28)20-11-5-2-6-12-20/h2-16,18,24,26H,17H2,1H3/t24-,26-/m1/s1. The van der Waals surface area contributed by atoms with Gasteiger partial charge >= 0.3 is 0 Å². The number of rotatable bonds is 4. The van der Waals surface area contributed by atoms with Crippen LogP contribution < -0.4 is 0 Å². The highest BCUT2D eigenvalue weighted by Crippen LogP contribution is 2.40. The maximum Gasteiger partial charge on any atom is 0.165 e. The molecule has 4 rings (SSSR count). The fraction of sp³-hybridized carbons (Fsp3) is 0.154. The molecule has 0 aliphatic heterocycles. The van der Waals surface area contributed by atoms with Crippen LogP contribution in [0.25, 0.3) is 5.57 Å². The third-order valence-corrected chi connectivity index (χ3v) is 5.35. The average Bonchev–Trinajstić information content (AvgIpc) is 2.75. The van der Waals surface area contributed by atoms with E-state index in [0.29, 0.717) is 0 Å². The molecular formula is C26H23NO. The van der Waals surface area contributed by atoms with E-state index in [0.717, 1.165) is 29.0 Å². The molecule has 3 aromatic carbocycles. The lowest BCUT2D eigenvalue weighted by molar-refractivity contribution is -0.117. The number of allylic oxidation sites excluding steroid dienone is 2. The summed E-state index contributed by atoms with van der Waals surface area (Å²) < 4.78 is 0. The third-order valence-electron chi connectivity index (χ3n) is 5.35. The molecule has 0 heterocycles. The van der Waals surface area contributed by atoms with E-state index in [1.807, 2.05) is 79.7 Å². The van der Waals surface area contributed by atoms with Gasteiger partial charge in [-0.1, -0.05) is 78.9 Å². The van der Waals surface area contributed by atoms with Crippen LogP contribution in [0.1, 0.15) is 30.4 Å². The predicted octanol–water partition coefficient (Wildman–Crippen LogP) is 6.24. The number of aliphatic imine (C=N–C) groups is 1. The Kier molecular flexibility index (Phi) is 5.29. The third kappa shape index (κ3) is 3.86. The molecule has 3 aromatic rings. The normalized spacial score (nSPS) is 20.0. The number of hydrogen-bond acceptors (Lipinski definition) is 2. The largest absolute Gasteiger partial charge is 0.294 e. The summed E-state index contributed by atoms with van der Waals surface area (Å²) in [7, 11) is 0. The van der Waals surface area contributed by atoms with Crippen LogP contribution >= 0.6 is 0 Å². The summed E-state index contributed by atoms with van der Waals surface area (Å²) in [6.45, 7) is 1.98. The summed E-state index contributed by atoms with van der Waals surface area (Å²) >= 11 is 0. The fourth-order valence-corrected chi connectivity index (χ4v) is 4.01. The van der Waals surface area contributed by atoms with E-state index in [4.69, 9.17) is 4.99 Å². The minimum atomic E-state index is -0.241. The number of nitrogens with zero attached hydrogens (tertiary/aromatic N) is 1. The quantitative estimate of drug-likeness (QED) is 0.504. The minimum absolute atomic E-state index is 0.0846. The Hall–Kier alpha value is -3.26. The topological polar surface area (TPSA) is 29.4 Å². The maximum atomic E-state index is 13.2. The van der Waals surface area contributed by atoms with Crippen LogP contribution in [0.15, 0.2) is 102 Å². The molecule has 0 amide bonds. The molecule has 0 N–H and O–H groups in total. The zero-order valence-corrected chi connectivity index (χ0v) is 16.0. The molecule has 0 saturated heterocycles. The molecule has 0 saturated carbocycles. The summed E-state index contributed by atoms with van der Waals surface area (Å²) in [5.41, 5.74) is 5.16. The van der Waals surface area contributed by atoms with E-state index < -0.39 is 0 Å². The van der Waals surface area contributed by atoms with E-state index >= 15 is 0 Å². The van der Waals surface area contributed by atoms with Gasteiger partial charge in [-0.05, 0) is 48.3 Å².